The molecule has 6 heteroatoms. The first kappa shape index (κ1) is 15.0. The molecule has 0 spiro atoms. The SMILES string of the molecule is N#CN=C1C=CC(=NC#N)c2ccc3c4c(ccc1c24)C(Br)=C3Br. The smallest absolute Gasteiger partial charge is 0.173 e. The van der Waals surface area contributed by atoms with Crippen LogP contribution in [-0.4, -0.2) is 11.4 Å². The summed E-state index contributed by atoms with van der Waals surface area (Å²) >= 11 is 7.26. The van der Waals surface area contributed by atoms with Crippen LogP contribution >= 0.6 is 31.9 Å². The molecule has 0 saturated heterocycles. The van der Waals surface area contributed by atoms with Crippen molar-refractivity contribution < 1.29 is 0 Å². The summed E-state index contributed by atoms with van der Waals surface area (Å²) in [5.74, 6) is 0. The van der Waals surface area contributed by atoms with Crippen molar-refractivity contribution in [2.75, 3.05) is 0 Å². The summed E-state index contributed by atoms with van der Waals surface area (Å²) in [6.45, 7) is 0. The summed E-state index contributed by atoms with van der Waals surface area (Å²) in [6, 6.07) is 7.92. The highest BCUT2D eigenvalue weighted by Crippen LogP contribution is 2.49. The lowest BCUT2D eigenvalue weighted by molar-refractivity contribution is 1.44. The Hall–Kier alpha value is -2.54. The molecule has 2 aromatic rings. The van der Waals surface area contributed by atoms with Crippen LogP contribution in [0.3, 0.4) is 0 Å². The van der Waals surface area contributed by atoms with Gasteiger partial charge in [-0.2, -0.15) is 20.5 Å². The summed E-state index contributed by atoms with van der Waals surface area (Å²) in [5.41, 5.74) is 4.96. The second-order valence-corrected chi connectivity index (χ2v) is 6.81. The summed E-state index contributed by atoms with van der Waals surface area (Å²) < 4.78 is 1.96. The van der Waals surface area contributed by atoms with Crippen LogP contribution in [0.25, 0.3) is 19.7 Å². The molecular weight excluding hydrogens is 432 g/mol. The Morgan fingerprint density at radius 1 is 0.667 bits per heavy atom. The van der Waals surface area contributed by atoms with Crippen molar-refractivity contribution in [3.63, 3.8) is 0 Å². The average molecular weight is 438 g/mol. The molecule has 4 rings (SSSR count). The molecule has 0 aromatic heterocycles. The topological polar surface area (TPSA) is 72.3 Å². The van der Waals surface area contributed by atoms with E-state index in [2.05, 4.69) is 41.8 Å². The number of nitrogens with zero attached hydrogens (tertiary/aromatic N) is 4. The van der Waals surface area contributed by atoms with Gasteiger partial charge < -0.3 is 0 Å². The fourth-order valence-corrected chi connectivity index (χ4v) is 4.25. The highest BCUT2D eigenvalue weighted by molar-refractivity contribution is 9.18. The molecule has 0 atom stereocenters. The molecular formula is C18H6Br2N4. The second-order valence-electron chi connectivity index (χ2n) is 5.23. The molecule has 112 valence electrons. The van der Waals surface area contributed by atoms with Crippen molar-refractivity contribution in [2.24, 2.45) is 9.98 Å². The van der Waals surface area contributed by atoms with Gasteiger partial charge in [-0.3, -0.25) is 0 Å². The molecule has 0 heterocycles. The molecule has 0 aliphatic heterocycles. The maximum atomic E-state index is 9.01. The Morgan fingerprint density at radius 2 is 1.04 bits per heavy atom. The zero-order chi connectivity index (χ0) is 16.8. The summed E-state index contributed by atoms with van der Waals surface area (Å²) in [5, 5.41) is 20.0. The third-order valence-corrected chi connectivity index (χ3v) is 6.30. The quantitative estimate of drug-likeness (QED) is 0.551. The van der Waals surface area contributed by atoms with E-state index in [1.54, 1.807) is 12.2 Å². The van der Waals surface area contributed by atoms with Crippen LogP contribution in [0.15, 0.2) is 46.4 Å². The van der Waals surface area contributed by atoms with E-state index in [9.17, 15) is 0 Å². The first-order valence-electron chi connectivity index (χ1n) is 6.95. The third kappa shape index (κ3) is 1.94. The average Bonchev–Trinajstić information content (AvgIpc) is 2.75. The van der Waals surface area contributed by atoms with Gasteiger partial charge in [-0.25, -0.2) is 0 Å². The number of halogens is 2. The molecule has 4 nitrogen and oxygen atoms in total. The Bertz CT molecular complexity index is 1050. The number of nitriles is 2. The van der Waals surface area contributed by atoms with Gasteiger partial charge in [0.2, 0.25) is 12.4 Å². The van der Waals surface area contributed by atoms with Crippen molar-refractivity contribution in [1.29, 1.82) is 10.5 Å². The molecule has 2 aromatic carbocycles. The summed E-state index contributed by atoms with van der Waals surface area (Å²) in [7, 11) is 0. The minimum absolute atomic E-state index is 0.560. The van der Waals surface area contributed by atoms with Crippen LogP contribution in [0.1, 0.15) is 22.3 Å². The number of hydrogen-bond acceptors (Lipinski definition) is 4. The monoisotopic (exact) mass is 436 g/mol. The number of benzene rings is 2. The number of allylic oxidation sites excluding steroid dienone is 2. The maximum absolute atomic E-state index is 9.01. The van der Waals surface area contributed by atoms with Gasteiger partial charge in [-0.05, 0) is 60.5 Å². The Morgan fingerprint density at radius 3 is 1.46 bits per heavy atom. The highest BCUT2D eigenvalue weighted by Gasteiger charge is 2.27. The zero-order valence-corrected chi connectivity index (χ0v) is 15.2. The van der Waals surface area contributed by atoms with Gasteiger partial charge in [0.15, 0.2) is 0 Å². The molecule has 0 amide bonds. The van der Waals surface area contributed by atoms with Crippen LogP contribution in [0, 0.1) is 22.9 Å². The fraction of sp³-hybridized carbons (Fsp3) is 0. The van der Waals surface area contributed by atoms with E-state index < -0.39 is 0 Å². The normalized spacial score (nSPS) is 18.2. The molecule has 0 saturated carbocycles. The van der Waals surface area contributed by atoms with E-state index in [1.807, 2.05) is 36.7 Å². The van der Waals surface area contributed by atoms with Crippen LogP contribution in [0.4, 0.5) is 0 Å². The first-order valence-corrected chi connectivity index (χ1v) is 8.54. The van der Waals surface area contributed by atoms with Crippen LogP contribution in [-0.2, 0) is 0 Å². The van der Waals surface area contributed by atoms with Crippen LogP contribution in [0.5, 0.6) is 0 Å². The summed E-state index contributed by atoms with van der Waals surface area (Å²) in [6.07, 6.45) is 7.15. The van der Waals surface area contributed by atoms with Gasteiger partial charge in [0, 0.05) is 25.5 Å². The van der Waals surface area contributed by atoms with E-state index in [-0.39, 0.29) is 0 Å². The minimum atomic E-state index is 0.560. The van der Waals surface area contributed by atoms with E-state index in [0.29, 0.717) is 11.4 Å². The Balaban J connectivity index is 2.24. The van der Waals surface area contributed by atoms with Gasteiger partial charge in [-0.1, -0.05) is 24.3 Å². The highest BCUT2D eigenvalue weighted by atomic mass is 79.9. The molecule has 2 aliphatic rings. The van der Waals surface area contributed by atoms with Crippen LogP contribution < -0.4 is 0 Å². The van der Waals surface area contributed by atoms with Crippen LogP contribution in [0.2, 0.25) is 0 Å². The van der Waals surface area contributed by atoms with Gasteiger partial charge in [0.05, 0.1) is 11.4 Å². The predicted octanol–water partition coefficient (Wildman–Crippen LogP) is 4.88. The van der Waals surface area contributed by atoms with Gasteiger partial charge in [-0.15, -0.1) is 0 Å². The standard InChI is InChI=1S/C18H6Br2N4/c19-17-11-3-1-9-13(23-7-21)5-6-14(24-8-22)10-2-4-12(18(17)20)16(11)15(9)10/h1-6H. The van der Waals surface area contributed by atoms with E-state index in [4.69, 9.17) is 10.5 Å². The minimum Gasteiger partial charge on any atom is -0.173 e. The maximum Gasteiger partial charge on any atom is 0.206 e. The molecule has 0 fully saturated rings. The van der Waals surface area contributed by atoms with Gasteiger partial charge in [0.25, 0.3) is 0 Å². The second kappa shape index (κ2) is 5.52. The zero-order valence-electron chi connectivity index (χ0n) is 12.0. The van der Waals surface area contributed by atoms with Crippen molar-refractivity contribution in [3.8, 4) is 12.4 Å². The fourth-order valence-electron chi connectivity index (χ4n) is 3.16. The molecule has 0 bridgehead atoms. The number of rotatable bonds is 0. The van der Waals surface area contributed by atoms with E-state index in [0.717, 1.165) is 42.0 Å². The molecule has 2 aliphatic carbocycles. The molecule has 24 heavy (non-hydrogen) atoms. The Labute approximate surface area is 154 Å². The van der Waals surface area contributed by atoms with Crippen molar-refractivity contribution >= 4 is 63.0 Å². The van der Waals surface area contributed by atoms with Gasteiger partial charge in [0.1, 0.15) is 0 Å². The first-order chi connectivity index (χ1) is 11.7. The van der Waals surface area contributed by atoms with Crippen molar-refractivity contribution in [3.05, 3.63) is 58.7 Å². The molecule has 0 unspecified atom stereocenters. The molecule has 0 N–H and O–H groups in total. The van der Waals surface area contributed by atoms with Crippen molar-refractivity contribution in [2.45, 2.75) is 0 Å². The third-order valence-electron chi connectivity index (χ3n) is 4.12. The van der Waals surface area contributed by atoms with Gasteiger partial charge >= 0.3 is 0 Å². The van der Waals surface area contributed by atoms with Crippen molar-refractivity contribution in [1.82, 2.24) is 0 Å². The lowest BCUT2D eigenvalue weighted by atomic mass is 9.92. The predicted molar refractivity (Wildman–Crippen MR) is 102 cm³/mol. The van der Waals surface area contributed by atoms with E-state index >= 15 is 0 Å². The summed E-state index contributed by atoms with van der Waals surface area (Å²) in [4.78, 5) is 7.88. The van der Waals surface area contributed by atoms with E-state index in [1.165, 1.54) is 0 Å². The Kier molecular flexibility index (Phi) is 3.45. The number of aliphatic imine (C=N–C) groups is 2. The lowest BCUT2D eigenvalue weighted by Crippen LogP contribution is -2.00. The molecule has 0 radical (unpaired) electrons. The number of hydrogen-bond donors (Lipinski definition) is 0. The largest absolute Gasteiger partial charge is 0.206 e. The lowest BCUT2D eigenvalue weighted by Gasteiger charge is -2.11.